The number of hydrogen-bond acceptors (Lipinski definition) is 4. The van der Waals surface area contributed by atoms with Gasteiger partial charge in [-0.05, 0) is 24.3 Å². The quantitative estimate of drug-likeness (QED) is 0.243. The van der Waals surface area contributed by atoms with Gasteiger partial charge in [-0.2, -0.15) is 0 Å². The average molecular weight is 458 g/mol. The van der Waals surface area contributed by atoms with Crippen LogP contribution in [0.25, 0.3) is 0 Å². The number of carbonyl (C=O) groups excluding carboxylic acids is 1. The van der Waals surface area contributed by atoms with Crippen molar-refractivity contribution in [3.8, 4) is 5.75 Å². The number of nitrogens with zero attached hydrogens (tertiary/aromatic N) is 1. The predicted octanol–water partition coefficient (Wildman–Crippen LogP) is 1.87. The summed E-state index contributed by atoms with van der Waals surface area (Å²) in [7, 11) is 1.69. The number of rotatable bonds is 8. The Bertz CT molecular complexity index is 633. The average Bonchev–Trinajstić information content (AvgIpc) is 3.16. The summed E-state index contributed by atoms with van der Waals surface area (Å²) in [6.45, 7) is 2.15. The maximum atomic E-state index is 11.7. The van der Waals surface area contributed by atoms with Gasteiger partial charge in [0.15, 0.2) is 11.7 Å². The number of amides is 1. The fourth-order valence-electron chi connectivity index (χ4n) is 1.93. The molecule has 0 fully saturated rings. The highest BCUT2D eigenvalue weighted by Crippen LogP contribution is 2.07. The third-order valence-corrected chi connectivity index (χ3v) is 3.08. The summed E-state index contributed by atoms with van der Waals surface area (Å²) in [5.74, 6) is 1.55. The molecular formula is C17H23IN4O3. The van der Waals surface area contributed by atoms with E-state index in [1.165, 1.54) is 6.26 Å². The van der Waals surface area contributed by atoms with E-state index < -0.39 is 0 Å². The summed E-state index contributed by atoms with van der Waals surface area (Å²) in [5, 5.41) is 9.00. The van der Waals surface area contributed by atoms with E-state index in [4.69, 9.17) is 9.15 Å². The van der Waals surface area contributed by atoms with Gasteiger partial charge in [-0.25, -0.2) is 0 Å². The summed E-state index contributed by atoms with van der Waals surface area (Å²) in [5.41, 5.74) is 0. The minimum absolute atomic E-state index is 0. The lowest BCUT2D eigenvalue weighted by molar-refractivity contribution is 0.0926. The normalized spacial score (nSPS) is 10.5. The summed E-state index contributed by atoms with van der Waals surface area (Å²) in [6.07, 6.45) is 1.47. The van der Waals surface area contributed by atoms with Gasteiger partial charge in [0.2, 0.25) is 0 Å². The van der Waals surface area contributed by atoms with Gasteiger partial charge in [0, 0.05) is 20.1 Å². The van der Waals surface area contributed by atoms with Crippen LogP contribution in [0.15, 0.2) is 58.1 Å². The van der Waals surface area contributed by atoms with Crippen LogP contribution in [0.4, 0.5) is 0 Å². The number of benzene rings is 1. The van der Waals surface area contributed by atoms with Gasteiger partial charge in [-0.1, -0.05) is 18.2 Å². The van der Waals surface area contributed by atoms with Crippen LogP contribution in [0.1, 0.15) is 10.6 Å². The molecule has 2 rings (SSSR count). The van der Waals surface area contributed by atoms with E-state index in [1.54, 1.807) is 19.2 Å². The lowest BCUT2D eigenvalue weighted by Gasteiger charge is -2.12. The number of halogens is 1. The number of para-hydroxylation sites is 1. The summed E-state index contributed by atoms with van der Waals surface area (Å²) < 4.78 is 10.6. The van der Waals surface area contributed by atoms with Crippen LogP contribution < -0.4 is 20.7 Å². The molecule has 1 aromatic heterocycles. The maximum Gasteiger partial charge on any atom is 0.287 e. The summed E-state index contributed by atoms with van der Waals surface area (Å²) in [4.78, 5) is 15.8. The first-order chi connectivity index (χ1) is 11.8. The number of furan rings is 1. The lowest BCUT2D eigenvalue weighted by atomic mass is 10.3. The molecule has 3 N–H and O–H groups in total. The zero-order valence-electron chi connectivity index (χ0n) is 14.0. The van der Waals surface area contributed by atoms with Gasteiger partial charge in [-0.15, -0.1) is 24.0 Å². The number of aliphatic imine (C=N–C) groups is 1. The Labute approximate surface area is 164 Å². The van der Waals surface area contributed by atoms with Crippen molar-refractivity contribution in [2.24, 2.45) is 4.99 Å². The Kier molecular flexibility index (Phi) is 10.1. The standard InChI is InChI=1S/C17H22N4O3.HI/c1-18-17(21-11-13-23-14-6-3-2-4-7-14)20-10-9-19-16(22)15-8-5-12-24-15;/h2-8,12H,9-11,13H2,1H3,(H,19,22)(H2,18,20,21);1H. The molecule has 7 nitrogen and oxygen atoms in total. The minimum atomic E-state index is -0.235. The van der Waals surface area contributed by atoms with Crippen molar-refractivity contribution < 1.29 is 13.9 Å². The number of nitrogens with one attached hydrogen (secondary N) is 3. The second-order valence-corrected chi connectivity index (χ2v) is 4.82. The molecule has 0 bridgehead atoms. The van der Waals surface area contributed by atoms with E-state index in [1.807, 2.05) is 30.3 Å². The smallest absolute Gasteiger partial charge is 0.287 e. The molecule has 1 aromatic carbocycles. The minimum Gasteiger partial charge on any atom is -0.492 e. The highest BCUT2D eigenvalue weighted by Gasteiger charge is 2.06. The van der Waals surface area contributed by atoms with Gasteiger partial charge >= 0.3 is 0 Å². The van der Waals surface area contributed by atoms with Crippen molar-refractivity contribution in [3.63, 3.8) is 0 Å². The molecule has 0 unspecified atom stereocenters. The topological polar surface area (TPSA) is 87.9 Å². The fraction of sp³-hybridized carbons (Fsp3) is 0.294. The van der Waals surface area contributed by atoms with E-state index in [2.05, 4.69) is 20.9 Å². The van der Waals surface area contributed by atoms with E-state index >= 15 is 0 Å². The Balaban J connectivity index is 0.00000312. The zero-order valence-corrected chi connectivity index (χ0v) is 16.4. The number of guanidine groups is 1. The molecule has 2 aromatic rings. The van der Waals surface area contributed by atoms with Gasteiger partial charge in [0.25, 0.3) is 5.91 Å². The molecule has 25 heavy (non-hydrogen) atoms. The van der Waals surface area contributed by atoms with Crippen LogP contribution in [-0.4, -0.2) is 45.2 Å². The van der Waals surface area contributed by atoms with Crippen molar-refractivity contribution in [1.29, 1.82) is 0 Å². The van der Waals surface area contributed by atoms with Gasteiger partial charge < -0.3 is 25.1 Å². The largest absolute Gasteiger partial charge is 0.492 e. The maximum absolute atomic E-state index is 11.7. The van der Waals surface area contributed by atoms with Crippen LogP contribution in [0.5, 0.6) is 5.75 Å². The number of hydrogen-bond donors (Lipinski definition) is 3. The third kappa shape index (κ3) is 7.92. The van der Waals surface area contributed by atoms with Crippen LogP contribution in [0.3, 0.4) is 0 Å². The Morgan fingerprint density at radius 2 is 1.76 bits per heavy atom. The van der Waals surface area contributed by atoms with E-state index in [-0.39, 0.29) is 29.9 Å². The van der Waals surface area contributed by atoms with Gasteiger partial charge in [0.1, 0.15) is 12.4 Å². The predicted molar refractivity (Wildman–Crippen MR) is 108 cm³/mol. The first-order valence-electron chi connectivity index (χ1n) is 7.73. The zero-order chi connectivity index (χ0) is 17.0. The molecule has 0 spiro atoms. The highest BCUT2D eigenvalue weighted by molar-refractivity contribution is 14.0. The highest BCUT2D eigenvalue weighted by atomic mass is 127. The van der Waals surface area contributed by atoms with Crippen LogP contribution >= 0.6 is 24.0 Å². The molecule has 0 saturated heterocycles. The Hall–Kier alpha value is -2.23. The van der Waals surface area contributed by atoms with Crippen molar-refractivity contribution in [2.45, 2.75) is 0 Å². The Morgan fingerprint density at radius 3 is 2.44 bits per heavy atom. The van der Waals surface area contributed by atoms with Crippen molar-refractivity contribution in [2.75, 3.05) is 33.3 Å². The second-order valence-electron chi connectivity index (χ2n) is 4.82. The van der Waals surface area contributed by atoms with Gasteiger partial charge in [-0.3, -0.25) is 9.79 Å². The molecule has 1 amide bonds. The number of ether oxygens (including phenoxy) is 1. The molecule has 0 aliphatic carbocycles. The molecule has 0 radical (unpaired) electrons. The number of carbonyl (C=O) groups is 1. The second kappa shape index (κ2) is 12.2. The van der Waals surface area contributed by atoms with Crippen molar-refractivity contribution in [3.05, 3.63) is 54.5 Å². The molecule has 0 aliphatic rings. The fourth-order valence-corrected chi connectivity index (χ4v) is 1.93. The molecular weight excluding hydrogens is 435 g/mol. The van der Waals surface area contributed by atoms with E-state index in [0.29, 0.717) is 38.0 Å². The van der Waals surface area contributed by atoms with Crippen LogP contribution in [0, 0.1) is 0 Å². The molecule has 0 atom stereocenters. The molecule has 0 aliphatic heterocycles. The van der Waals surface area contributed by atoms with Crippen LogP contribution in [0.2, 0.25) is 0 Å². The SMILES string of the molecule is CN=C(NCCNC(=O)c1ccco1)NCCOc1ccccc1.I. The lowest BCUT2D eigenvalue weighted by Crippen LogP contribution is -2.42. The monoisotopic (exact) mass is 458 g/mol. The van der Waals surface area contributed by atoms with E-state index in [9.17, 15) is 4.79 Å². The molecule has 0 saturated carbocycles. The summed E-state index contributed by atoms with van der Waals surface area (Å²) in [6, 6.07) is 12.9. The third-order valence-electron chi connectivity index (χ3n) is 3.08. The first-order valence-corrected chi connectivity index (χ1v) is 7.73. The molecule has 1 heterocycles. The van der Waals surface area contributed by atoms with Crippen LogP contribution in [-0.2, 0) is 0 Å². The Morgan fingerprint density at radius 1 is 1.04 bits per heavy atom. The molecule has 136 valence electrons. The van der Waals surface area contributed by atoms with E-state index in [0.717, 1.165) is 5.75 Å². The molecule has 8 heteroatoms. The van der Waals surface area contributed by atoms with Crippen molar-refractivity contribution >= 4 is 35.8 Å². The summed E-state index contributed by atoms with van der Waals surface area (Å²) >= 11 is 0. The first kappa shape index (κ1) is 20.8. The van der Waals surface area contributed by atoms with Gasteiger partial charge in [0.05, 0.1) is 12.8 Å². The van der Waals surface area contributed by atoms with Crippen molar-refractivity contribution in [1.82, 2.24) is 16.0 Å².